The molecule has 4 aliphatic carbocycles. The van der Waals surface area contributed by atoms with Gasteiger partial charge in [-0.3, -0.25) is 4.79 Å². The average molecular weight is 450 g/mol. The Morgan fingerprint density at radius 3 is 2.48 bits per heavy atom. The summed E-state index contributed by atoms with van der Waals surface area (Å²) in [4.78, 5) is 13.5. The molecule has 1 amide bonds. The fraction of sp³-hybridized carbons (Fsp3) is 0.536. The van der Waals surface area contributed by atoms with Crippen molar-refractivity contribution in [2.75, 3.05) is 20.3 Å². The van der Waals surface area contributed by atoms with E-state index in [1.807, 2.05) is 43.3 Å². The lowest BCUT2D eigenvalue weighted by Gasteiger charge is -2.61. The molecule has 176 valence electrons. The zero-order chi connectivity index (χ0) is 23.1. The van der Waals surface area contributed by atoms with Gasteiger partial charge in [0.05, 0.1) is 12.5 Å². The second kappa shape index (κ2) is 8.68. The summed E-state index contributed by atoms with van der Waals surface area (Å²) < 4.78 is 11.1. The third-order valence-electron chi connectivity index (χ3n) is 8.18. The quantitative estimate of drug-likeness (QED) is 0.627. The smallest absolute Gasteiger partial charge is 0.226 e. The number of nitrogens with one attached hydrogen (secondary N) is 1. The monoisotopic (exact) mass is 449 g/mol. The highest BCUT2D eigenvalue weighted by Crippen LogP contribution is 2.65. The summed E-state index contributed by atoms with van der Waals surface area (Å²) in [5.74, 6) is 2.94. The average Bonchev–Trinajstić information content (AvgIpc) is 2.80. The Morgan fingerprint density at radius 2 is 1.82 bits per heavy atom. The van der Waals surface area contributed by atoms with Crippen molar-refractivity contribution in [3.05, 3.63) is 59.7 Å². The second-order valence-corrected chi connectivity index (χ2v) is 10.7. The fourth-order valence-electron chi connectivity index (χ4n) is 7.17. The van der Waals surface area contributed by atoms with Crippen LogP contribution in [0.3, 0.4) is 0 Å². The molecule has 0 aromatic heterocycles. The second-order valence-electron chi connectivity index (χ2n) is 10.7. The van der Waals surface area contributed by atoms with Crippen molar-refractivity contribution in [3.8, 4) is 11.5 Å². The Morgan fingerprint density at radius 1 is 1.09 bits per heavy atom. The van der Waals surface area contributed by atoms with Gasteiger partial charge < -0.3 is 19.9 Å². The summed E-state index contributed by atoms with van der Waals surface area (Å²) in [7, 11) is 1.69. The number of carbonyl (C=O) groups is 1. The Kier molecular flexibility index (Phi) is 5.86. The highest BCUT2D eigenvalue weighted by molar-refractivity contribution is 5.83. The number of benzene rings is 2. The molecule has 0 heterocycles. The molecule has 2 N–H and O–H groups in total. The van der Waals surface area contributed by atoms with Gasteiger partial charge >= 0.3 is 0 Å². The Hall–Kier alpha value is -2.53. The molecule has 33 heavy (non-hydrogen) atoms. The number of aliphatic hydroxyl groups is 1. The lowest BCUT2D eigenvalue weighted by Crippen LogP contribution is -2.59. The van der Waals surface area contributed by atoms with E-state index in [0.29, 0.717) is 11.8 Å². The van der Waals surface area contributed by atoms with Crippen LogP contribution in [-0.2, 0) is 10.2 Å². The molecule has 3 atom stereocenters. The normalized spacial score (nSPS) is 30.6. The summed E-state index contributed by atoms with van der Waals surface area (Å²) in [6.07, 6.45) is 5.72. The number of ether oxygens (including phenoxy) is 2. The van der Waals surface area contributed by atoms with Gasteiger partial charge in [0, 0.05) is 6.54 Å². The van der Waals surface area contributed by atoms with Crippen LogP contribution in [0.5, 0.6) is 11.5 Å². The molecular formula is C28H35NO4. The maximum atomic E-state index is 13.5. The van der Waals surface area contributed by atoms with Crippen molar-refractivity contribution in [3.63, 3.8) is 0 Å². The predicted molar refractivity (Wildman–Crippen MR) is 127 cm³/mol. The van der Waals surface area contributed by atoms with E-state index in [1.54, 1.807) is 7.11 Å². The van der Waals surface area contributed by atoms with Gasteiger partial charge in [-0.2, -0.15) is 0 Å². The molecule has 0 aliphatic heterocycles. The molecule has 2 aromatic rings. The van der Waals surface area contributed by atoms with Gasteiger partial charge in [-0.05, 0) is 98.1 Å². The van der Waals surface area contributed by atoms with Crippen LogP contribution in [-0.4, -0.2) is 37.4 Å². The highest BCUT2D eigenvalue weighted by Gasteiger charge is 2.60. The minimum Gasteiger partial charge on any atom is -0.497 e. The summed E-state index contributed by atoms with van der Waals surface area (Å²) >= 11 is 0. The van der Waals surface area contributed by atoms with Crippen molar-refractivity contribution < 1.29 is 19.4 Å². The largest absolute Gasteiger partial charge is 0.497 e. The van der Waals surface area contributed by atoms with Crippen LogP contribution in [0.2, 0.25) is 0 Å². The number of hydrogen-bond acceptors (Lipinski definition) is 4. The molecule has 5 heteroatoms. The van der Waals surface area contributed by atoms with Crippen LogP contribution in [0.25, 0.3) is 0 Å². The van der Waals surface area contributed by atoms with E-state index in [1.165, 1.54) is 24.8 Å². The van der Waals surface area contributed by atoms with Gasteiger partial charge in [-0.15, -0.1) is 0 Å². The van der Waals surface area contributed by atoms with Crippen LogP contribution >= 0.6 is 0 Å². The molecule has 4 aliphatic rings. The van der Waals surface area contributed by atoms with E-state index in [9.17, 15) is 9.90 Å². The van der Waals surface area contributed by atoms with E-state index >= 15 is 0 Å². The van der Waals surface area contributed by atoms with Crippen molar-refractivity contribution >= 4 is 5.91 Å². The lowest BCUT2D eigenvalue weighted by molar-refractivity contribution is -0.149. The Bertz CT molecular complexity index is 987. The molecule has 3 unspecified atom stereocenters. The summed E-state index contributed by atoms with van der Waals surface area (Å²) in [5.41, 5.74) is 2.23. The van der Waals surface area contributed by atoms with Crippen LogP contribution in [0.1, 0.15) is 49.7 Å². The van der Waals surface area contributed by atoms with E-state index in [2.05, 4.69) is 17.4 Å². The molecule has 4 fully saturated rings. The molecule has 0 radical (unpaired) electrons. The minimum absolute atomic E-state index is 0.0839. The van der Waals surface area contributed by atoms with Crippen LogP contribution < -0.4 is 14.8 Å². The van der Waals surface area contributed by atoms with Gasteiger partial charge in [0.15, 0.2) is 0 Å². The topological polar surface area (TPSA) is 67.8 Å². The maximum Gasteiger partial charge on any atom is 0.226 e. The van der Waals surface area contributed by atoms with Gasteiger partial charge in [0.2, 0.25) is 5.91 Å². The molecule has 0 saturated heterocycles. The van der Waals surface area contributed by atoms with E-state index < -0.39 is 6.10 Å². The first kappa shape index (κ1) is 22.3. The number of aryl methyl sites for hydroxylation is 1. The first-order chi connectivity index (χ1) is 15.9. The summed E-state index contributed by atoms with van der Waals surface area (Å²) in [6.45, 7) is 2.39. The predicted octanol–water partition coefficient (Wildman–Crippen LogP) is 4.40. The molecule has 6 rings (SSSR count). The van der Waals surface area contributed by atoms with Crippen LogP contribution in [0, 0.1) is 24.2 Å². The third kappa shape index (κ3) is 4.35. The van der Waals surface area contributed by atoms with Gasteiger partial charge in [0.1, 0.15) is 24.2 Å². The number of aliphatic hydroxyl groups excluding tert-OH is 1. The highest BCUT2D eigenvalue weighted by atomic mass is 16.5. The molecular weight excluding hydrogens is 414 g/mol. The first-order valence-electron chi connectivity index (χ1n) is 12.2. The van der Waals surface area contributed by atoms with Gasteiger partial charge in [-0.1, -0.05) is 24.3 Å². The number of carbonyl (C=O) groups excluding carboxylic acids is 1. The summed E-state index contributed by atoms with van der Waals surface area (Å²) in [6, 6.07) is 16.3. The van der Waals surface area contributed by atoms with Crippen molar-refractivity contribution in [1.29, 1.82) is 0 Å². The van der Waals surface area contributed by atoms with Crippen LogP contribution in [0.4, 0.5) is 0 Å². The number of rotatable bonds is 8. The number of hydrogen-bond donors (Lipinski definition) is 2. The summed E-state index contributed by atoms with van der Waals surface area (Å²) in [5, 5.41) is 13.5. The first-order valence-corrected chi connectivity index (χ1v) is 12.2. The van der Waals surface area contributed by atoms with Crippen LogP contribution in [0.15, 0.2) is 48.5 Å². The number of amides is 1. The zero-order valence-corrected chi connectivity index (χ0v) is 19.7. The zero-order valence-electron chi connectivity index (χ0n) is 19.7. The van der Waals surface area contributed by atoms with Crippen molar-refractivity contribution in [2.24, 2.45) is 17.3 Å². The molecule has 5 nitrogen and oxygen atoms in total. The molecule has 4 bridgehead atoms. The van der Waals surface area contributed by atoms with E-state index in [4.69, 9.17) is 9.47 Å². The minimum atomic E-state index is -0.737. The standard InChI is InChI=1S/C28H35NO4/c1-19-4-3-5-25(10-19)33-17-23(30)16-29-26(31)28-14-20-11-21(15-28)13-27(12-20,18-28)22-6-8-24(32-2)9-7-22/h3-10,20-21,23,30H,11-18H2,1-2H3,(H,29,31). The number of methoxy groups -OCH3 is 1. The SMILES string of the molecule is COc1ccc(C23CC4CC(CC(C(=O)NCC(O)COc5cccc(C)c5)(C4)C2)C3)cc1. The molecule has 4 saturated carbocycles. The molecule has 2 aromatic carbocycles. The fourth-order valence-corrected chi connectivity index (χ4v) is 7.17. The van der Waals surface area contributed by atoms with Crippen molar-refractivity contribution in [1.82, 2.24) is 5.32 Å². The van der Waals surface area contributed by atoms with Crippen molar-refractivity contribution in [2.45, 2.75) is 57.0 Å². The third-order valence-corrected chi connectivity index (χ3v) is 8.18. The lowest BCUT2D eigenvalue weighted by atomic mass is 9.42. The Labute approximate surface area is 196 Å². The van der Waals surface area contributed by atoms with Gasteiger partial charge in [0.25, 0.3) is 0 Å². The maximum absolute atomic E-state index is 13.5. The Balaban J connectivity index is 1.24. The van der Waals surface area contributed by atoms with Gasteiger partial charge in [-0.25, -0.2) is 0 Å². The van der Waals surface area contributed by atoms with E-state index in [-0.39, 0.29) is 29.9 Å². The molecule has 0 spiro atoms. The van der Waals surface area contributed by atoms with E-state index in [0.717, 1.165) is 36.3 Å².